The first-order valence-corrected chi connectivity index (χ1v) is 9.51. The number of hydrogen-bond acceptors (Lipinski definition) is 8. The van der Waals surface area contributed by atoms with E-state index in [0.717, 1.165) is 32.1 Å². The summed E-state index contributed by atoms with van der Waals surface area (Å²) in [5.74, 6) is -0.168. The molecular weight excluding hydrogens is 362 g/mol. The van der Waals surface area contributed by atoms with Gasteiger partial charge in [0.05, 0.1) is 13.7 Å². The Morgan fingerprint density at radius 2 is 2.11 bits per heavy atom. The number of fused-ring (bicyclic) bond motifs is 1. The molecule has 2 fully saturated rings. The van der Waals surface area contributed by atoms with Crippen molar-refractivity contribution in [2.75, 3.05) is 32.3 Å². The van der Waals surface area contributed by atoms with Gasteiger partial charge in [0, 0.05) is 25.8 Å². The third-order valence-electron chi connectivity index (χ3n) is 5.46. The maximum absolute atomic E-state index is 12.9. The highest BCUT2D eigenvalue weighted by Gasteiger charge is 2.46. The Balaban J connectivity index is 1.96. The highest BCUT2D eigenvalue weighted by atomic mass is 16.5. The van der Waals surface area contributed by atoms with Gasteiger partial charge in [-0.3, -0.25) is 4.79 Å². The maximum atomic E-state index is 12.9. The minimum Gasteiger partial charge on any atom is -0.463 e. The van der Waals surface area contributed by atoms with E-state index in [9.17, 15) is 14.9 Å². The molecule has 0 aromatic carbocycles. The average molecular weight is 387 g/mol. The summed E-state index contributed by atoms with van der Waals surface area (Å²) in [4.78, 5) is 35.1. The normalized spacial score (nSPS) is 23.6. The summed E-state index contributed by atoms with van der Waals surface area (Å²) in [6.07, 6.45) is 4.96. The molecule has 0 unspecified atom stereocenters. The number of amides is 1. The van der Waals surface area contributed by atoms with Crippen LogP contribution in [0.15, 0.2) is 6.07 Å². The van der Waals surface area contributed by atoms with Crippen LogP contribution in [-0.4, -0.2) is 61.3 Å². The first kappa shape index (κ1) is 20.0. The van der Waals surface area contributed by atoms with Crippen LogP contribution in [0.25, 0.3) is 0 Å². The molecule has 1 aromatic heterocycles. The van der Waals surface area contributed by atoms with Crippen molar-refractivity contribution in [1.82, 2.24) is 15.3 Å². The van der Waals surface area contributed by atoms with Crippen molar-refractivity contribution in [3.63, 3.8) is 0 Å². The molecule has 3 atom stereocenters. The molecule has 1 saturated heterocycles. The number of carbonyl (C=O) groups is 2. The van der Waals surface area contributed by atoms with E-state index in [2.05, 4.69) is 15.3 Å². The van der Waals surface area contributed by atoms with Crippen LogP contribution in [0.2, 0.25) is 0 Å². The van der Waals surface area contributed by atoms with Gasteiger partial charge >= 0.3 is 5.97 Å². The quantitative estimate of drug-likeness (QED) is 0.568. The van der Waals surface area contributed by atoms with E-state index in [-0.39, 0.29) is 23.5 Å². The van der Waals surface area contributed by atoms with Crippen LogP contribution in [0.1, 0.15) is 48.4 Å². The molecule has 3 rings (SSSR count). The number of anilines is 1. The molecule has 0 bridgehead atoms. The maximum Gasteiger partial charge on any atom is 0.376 e. The van der Waals surface area contributed by atoms with E-state index in [1.807, 2.05) is 11.0 Å². The topological polar surface area (TPSA) is 117 Å². The molecule has 1 N–H and O–H groups in total. The standard InChI is InChI=1S/C19H25N5O4/c1-27-8-7-21-18(25)15-9-12-5-3-4-6-14(12)24(15)16-10-13(11-20)22-17(23-16)19(26)28-2/h10,12,14-15H,3-9H2,1-2H3,(H,21,25)/t12-,14-,15-/m0/s1. The molecule has 9 heteroatoms. The molecule has 1 aliphatic heterocycles. The lowest BCUT2D eigenvalue weighted by atomic mass is 9.84. The molecule has 2 aliphatic rings. The molecule has 1 amide bonds. The highest BCUT2D eigenvalue weighted by Crippen LogP contribution is 2.42. The Hall–Kier alpha value is -2.73. The second kappa shape index (κ2) is 8.97. The van der Waals surface area contributed by atoms with Crippen LogP contribution in [0.3, 0.4) is 0 Å². The zero-order valence-electron chi connectivity index (χ0n) is 16.2. The Labute approximate surface area is 164 Å². The summed E-state index contributed by atoms with van der Waals surface area (Å²) in [6, 6.07) is 3.25. The van der Waals surface area contributed by atoms with Gasteiger partial charge in [-0.1, -0.05) is 12.8 Å². The fourth-order valence-corrected chi connectivity index (χ4v) is 4.22. The number of hydrogen-bond donors (Lipinski definition) is 1. The number of aromatic nitrogens is 2. The molecule has 0 radical (unpaired) electrons. The van der Waals surface area contributed by atoms with Crippen LogP contribution in [0.4, 0.5) is 5.82 Å². The van der Waals surface area contributed by atoms with Crippen LogP contribution in [0, 0.1) is 17.2 Å². The molecule has 150 valence electrons. The van der Waals surface area contributed by atoms with Gasteiger partial charge in [-0.2, -0.15) is 5.26 Å². The minimum absolute atomic E-state index is 0.0724. The summed E-state index contributed by atoms with van der Waals surface area (Å²) < 4.78 is 9.72. The summed E-state index contributed by atoms with van der Waals surface area (Å²) >= 11 is 0. The minimum atomic E-state index is -0.709. The van der Waals surface area contributed by atoms with Gasteiger partial charge in [0.1, 0.15) is 23.6 Å². The average Bonchev–Trinajstić information content (AvgIpc) is 3.12. The van der Waals surface area contributed by atoms with Gasteiger partial charge in [0.2, 0.25) is 11.7 Å². The number of nitrogens with zero attached hydrogens (tertiary/aromatic N) is 4. The van der Waals surface area contributed by atoms with Crippen molar-refractivity contribution in [3.05, 3.63) is 17.6 Å². The third-order valence-corrected chi connectivity index (χ3v) is 5.46. The van der Waals surface area contributed by atoms with E-state index >= 15 is 0 Å². The van der Waals surface area contributed by atoms with Gasteiger partial charge < -0.3 is 19.7 Å². The van der Waals surface area contributed by atoms with Gasteiger partial charge in [-0.25, -0.2) is 14.8 Å². The summed E-state index contributed by atoms with van der Waals surface area (Å²) in [6.45, 7) is 0.861. The second-order valence-electron chi connectivity index (χ2n) is 7.09. The number of nitrogens with one attached hydrogen (secondary N) is 1. The van der Waals surface area contributed by atoms with Crippen molar-refractivity contribution < 1.29 is 19.1 Å². The van der Waals surface area contributed by atoms with Gasteiger partial charge in [-0.15, -0.1) is 0 Å². The monoisotopic (exact) mass is 387 g/mol. The number of carbonyl (C=O) groups excluding carboxylic acids is 2. The Bertz CT molecular complexity index is 778. The number of methoxy groups -OCH3 is 2. The molecule has 1 saturated carbocycles. The van der Waals surface area contributed by atoms with Crippen LogP contribution in [0.5, 0.6) is 0 Å². The zero-order chi connectivity index (χ0) is 20.1. The fraction of sp³-hybridized carbons (Fsp3) is 0.632. The van der Waals surface area contributed by atoms with E-state index in [4.69, 9.17) is 9.47 Å². The molecule has 9 nitrogen and oxygen atoms in total. The van der Waals surface area contributed by atoms with E-state index in [1.54, 1.807) is 13.2 Å². The summed E-state index contributed by atoms with van der Waals surface area (Å²) in [5, 5.41) is 12.2. The zero-order valence-corrected chi connectivity index (χ0v) is 16.2. The largest absolute Gasteiger partial charge is 0.463 e. The molecule has 1 aliphatic carbocycles. The Kier molecular flexibility index (Phi) is 6.41. The number of ether oxygens (including phenoxy) is 2. The van der Waals surface area contributed by atoms with E-state index in [1.165, 1.54) is 7.11 Å². The first-order chi connectivity index (χ1) is 13.6. The molecule has 28 heavy (non-hydrogen) atoms. The van der Waals surface area contributed by atoms with Crippen LogP contribution >= 0.6 is 0 Å². The number of nitriles is 1. The fourth-order valence-electron chi connectivity index (χ4n) is 4.22. The predicted molar refractivity (Wildman–Crippen MR) is 99.6 cm³/mol. The summed E-state index contributed by atoms with van der Waals surface area (Å²) in [5.41, 5.74) is 0.0724. The van der Waals surface area contributed by atoms with Gasteiger partial charge in [0.15, 0.2) is 0 Å². The number of esters is 1. The molecular formula is C19H25N5O4. The van der Waals surface area contributed by atoms with Crippen molar-refractivity contribution in [3.8, 4) is 6.07 Å². The third kappa shape index (κ3) is 4.07. The van der Waals surface area contributed by atoms with E-state index < -0.39 is 12.0 Å². The highest BCUT2D eigenvalue weighted by molar-refractivity contribution is 5.87. The molecule has 2 heterocycles. The van der Waals surface area contributed by atoms with Gasteiger partial charge in [-0.05, 0) is 25.2 Å². The van der Waals surface area contributed by atoms with Gasteiger partial charge in [0.25, 0.3) is 0 Å². The van der Waals surface area contributed by atoms with Crippen LogP contribution in [-0.2, 0) is 14.3 Å². The SMILES string of the molecule is COCCNC(=O)[C@@H]1C[C@@H]2CCCC[C@@H]2N1c1cc(C#N)nc(C(=O)OC)n1. The van der Waals surface area contributed by atoms with E-state index in [0.29, 0.717) is 24.9 Å². The van der Waals surface area contributed by atoms with Crippen LogP contribution < -0.4 is 10.2 Å². The second-order valence-corrected chi connectivity index (χ2v) is 7.09. The Morgan fingerprint density at radius 1 is 1.32 bits per heavy atom. The first-order valence-electron chi connectivity index (χ1n) is 9.51. The van der Waals surface area contributed by atoms with Crippen molar-refractivity contribution in [1.29, 1.82) is 5.26 Å². The predicted octanol–water partition coefficient (Wildman–Crippen LogP) is 1.03. The smallest absolute Gasteiger partial charge is 0.376 e. The molecule has 1 aromatic rings. The Morgan fingerprint density at radius 3 is 2.82 bits per heavy atom. The molecule has 0 spiro atoms. The van der Waals surface area contributed by atoms with Crippen molar-refractivity contribution in [2.24, 2.45) is 5.92 Å². The lowest BCUT2D eigenvalue weighted by Crippen LogP contribution is -2.48. The lowest BCUT2D eigenvalue weighted by molar-refractivity contribution is -0.122. The lowest BCUT2D eigenvalue weighted by Gasteiger charge is -2.34. The van der Waals surface area contributed by atoms with Crippen molar-refractivity contribution >= 4 is 17.7 Å². The number of rotatable bonds is 6. The van der Waals surface area contributed by atoms with Crippen molar-refractivity contribution in [2.45, 2.75) is 44.2 Å². The summed E-state index contributed by atoms with van der Waals surface area (Å²) in [7, 11) is 2.82.